The second-order valence-electron chi connectivity index (χ2n) is 5.61. The summed E-state index contributed by atoms with van der Waals surface area (Å²) in [4.78, 5) is 12.1. The number of hydrogen-bond donors (Lipinski definition) is 3. The highest BCUT2D eigenvalue weighted by Crippen LogP contribution is 2.23. The summed E-state index contributed by atoms with van der Waals surface area (Å²) in [6.45, 7) is 4.91. The van der Waals surface area contributed by atoms with Crippen molar-refractivity contribution in [1.29, 1.82) is 0 Å². The molecule has 0 bridgehead atoms. The van der Waals surface area contributed by atoms with Gasteiger partial charge in [-0.1, -0.05) is 0 Å². The number of amides is 1. The number of aryl methyl sites for hydroxylation is 2. The van der Waals surface area contributed by atoms with Gasteiger partial charge in [-0.25, -0.2) is 8.42 Å². The van der Waals surface area contributed by atoms with E-state index in [9.17, 15) is 13.2 Å². The van der Waals surface area contributed by atoms with Crippen molar-refractivity contribution >= 4 is 21.6 Å². The second-order valence-corrected chi connectivity index (χ2v) is 7.26. The first-order chi connectivity index (χ1) is 9.70. The first-order valence-corrected chi connectivity index (χ1v) is 8.38. The molecule has 6 nitrogen and oxygen atoms in total. The van der Waals surface area contributed by atoms with Gasteiger partial charge in [0, 0.05) is 11.7 Å². The Labute approximate surface area is 125 Å². The van der Waals surface area contributed by atoms with Crippen LogP contribution < -0.4 is 15.8 Å². The number of anilines is 1. The molecule has 0 radical (unpaired) electrons. The maximum atomic E-state index is 12.5. The van der Waals surface area contributed by atoms with Crippen LogP contribution in [0.25, 0.3) is 0 Å². The van der Waals surface area contributed by atoms with Gasteiger partial charge in [-0.3, -0.25) is 4.79 Å². The molecule has 0 heterocycles. The van der Waals surface area contributed by atoms with Gasteiger partial charge in [0.15, 0.2) is 0 Å². The molecule has 7 heteroatoms. The van der Waals surface area contributed by atoms with Crippen molar-refractivity contribution in [2.45, 2.75) is 50.6 Å². The Morgan fingerprint density at radius 3 is 2.29 bits per heavy atom. The van der Waals surface area contributed by atoms with Crippen LogP contribution in [0.2, 0.25) is 0 Å². The zero-order valence-corrected chi connectivity index (χ0v) is 13.3. The van der Waals surface area contributed by atoms with Crippen LogP contribution >= 0.6 is 0 Å². The van der Waals surface area contributed by atoms with Gasteiger partial charge >= 0.3 is 0 Å². The van der Waals surface area contributed by atoms with Gasteiger partial charge in [0.05, 0.1) is 10.9 Å². The zero-order chi connectivity index (χ0) is 15.8. The molecule has 1 amide bonds. The normalized spacial score (nSPS) is 16.5. The van der Waals surface area contributed by atoms with Crippen LogP contribution in [-0.4, -0.2) is 26.4 Å². The third-order valence-electron chi connectivity index (χ3n) is 3.40. The third-order valence-corrected chi connectivity index (χ3v) is 5.25. The van der Waals surface area contributed by atoms with E-state index in [1.165, 1.54) is 6.92 Å². The number of sulfonamides is 1. The number of hydrogen-bond acceptors (Lipinski definition) is 4. The van der Waals surface area contributed by atoms with Crippen molar-refractivity contribution in [2.24, 2.45) is 0 Å². The van der Waals surface area contributed by atoms with Gasteiger partial charge in [-0.05, 0) is 56.9 Å². The first-order valence-electron chi connectivity index (χ1n) is 6.90. The first kappa shape index (κ1) is 15.8. The molecule has 1 aromatic rings. The summed E-state index contributed by atoms with van der Waals surface area (Å²) >= 11 is 0. The summed E-state index contributed by atoms with van der Waals surface area (Å²) in [6.07, 6.45) is 1.92. The SMILES string of the molecule is Cc1cc(N)cc(C)c1S(=O)(=O)NC(C)C(=O)NC1CC1. The minimum Gasteiger partial charge on any atom is -0.399 e. The Kier molecular flexibility index (Phi) is 4.25. The number of nitrogens with one attached hydrogen (secondary N) is 2. The Hall–Kier alpha value is -1.60. The van der Waals surface area contributed by atoms with Crippen molar-refractivity contribution in [3.8, 4) is 0 Å². The van der Waals surface area contributed by atoms with Gasteiger partial charge in [0.1, 0.15) is 0 Å². The number of benzene rings is 1. The fraction of sp³-hybridized carbons (Fsp3) is 0.500. The quantitative estimate of drug-likeness (QED) is 0.701. The van der Waals surface area contributed by atoms with Crippen LogP contribution in [0, 0.1) is 13.8 Å². The lowest BCUT2D eigenvalue weighted by atomic mass is 10.1. The van der Waals surface area contributed by atoms with E-state index in [0.717, 1.165) is 12.8 Å². The van der Waals surface area contributed by atoms with Crippen molar-refractivity contribution in [3.63, 3.8) is 0 Å². The van der Waals surface area contributed by atoms with E-state index in [1.54, 1.807) is 26.0 Å². The highest BCUT2D eigenvalue weighted by molar-refractivity contribution is 7.89. The number of nitrogen functional groups attached to an aromatic ring is 1. The average Bonchev–Trinajstić information content (AvgIpc) is 3.09. The minimum atomic E-state index is -3.76. The number of nitrogens with two attached hydrogens (primary N) is 1. The van der Waals surface area contributed by atoms with E-state index in [4.69, 9.17) is 5.73 Å². The standard InChI is InChI=1S/C14H21N3O3S/c1-8-6-11(15)7-9(2)13(8)21(19,20)17-10(3)14(18)16-12-4-5-12/h6-7,10,12,17H,4-5,15H2,1-3H3,(H,16,18). The summed E-state index contributed by atoms with van der Waals surface area (Å²) in [5, 5.41) is 2.78. The summed E-state index contributed by atoms with van der Waals surface area (Å²) < 4.78 is 27.4. The van der Waals surface area contributed by atoms with Gasteiger partial charge < -0.3 is 11.1 Å². The predicted molar refractivity (Wildman–Crippen MR) is 81.3 cm³/mol. The Balaban J connectivity index is 2.20. The molecule has 1 fully saturated rings. The van der Waals surface area contributed by atoms with Crippen LogP contribution in [0.3, 0.4) is 0 Å². The van der Waals surface area contributed by atoms with Crippen LogP contribution in [0.4, 0.5) is 5.69 Å². The third kappa shape index (κ3) is 3.74. The van der Waals surface area contributed by atoms with Crippen LogP contribution in [0.1, 0.15) is 30.9 Å². The maximum absolute atomic E-state index is 12.5. The lowest BCUT2D eigenvalue weighted by molar-refractivity contribution is -0.122. The molecule has 2 rings (SSSR count). The smallest absolute Gasteiger partial charge is 0.241 e. The monoisotopic (exact) mass is 311 g/mol. The fourth-order valence-electron chi connectivity index (χ4n) is 2.31. The molecule has 0 aromatic heterocycles. The van der Waals surface area contributed by atoms with E-state index >= 15 is 0 Å². The highest BCUT2D eigenvalue weighted by atomic mass is 32.2. The minimum absolute atomic E-state index is 0.183. The van der Waals surface area contributed by atoms with Crippen molar-refractivity contribution < 1.29 is 13.2 Å². The lowest BCUT2D eigenvalue weighted by Gasteiger charge is -2.17. The molecule has 4 N–H and O–H groups in total. The second kappa shape index (κ2) is 5.65. The number of carbonyl (C=O) groups is 1. The summed E-state index contributed by atoms with van der Waals surface area (Å²) in [5.74, 6) is -0.299. The molecule has 0 saturated heterocycles. The largest absolute Gasteiger partial charge is 0.399 e. The van der Waals surface area contributed by atoms with E-state index in [1.807, 2.05) is 0 Å². The average molecular weight is 311 g/mol. The van der Waals surface area contributed by atoms with Crippen LogP contribution in [0.15, 0.2) is 17.0 Å². The molecule has 1 unspecified atom stereocenters. The molecule has 1 saturated carbocycles. The Morgan fingerprint density at radius 1 is 1.29 bits per heavy atom. The lowest BCUT2D eigenvalue weighted by Crippen LogP contribution is -2.45. The van der Waals surface area contributed by atoms with Crippen molar-refractivity contribution in [1.82, 2.24) is 10.0 Å². The summed E-state index contributed by atoms with van der Waals surface area (Å²) in [7, 11) is -3.76. The molecular weight excluding hydrogens is 290 g/mol. The van der Waals surface area contributed by atoms with Gasteiger partial charge in [0.2, 0.25) is 15.9 Å². The highest BCUT2D eigenvalue weighted by Gasteiger charge is 2.29. The van der Waals surface area contributed by atoms with Crippen LogP contribution in [0.5, 0.6) is 0 Å². The van der Waals surface area contributed by atoms with Gasteiger partial charge in [-0.2, -0.15) is 4.72 Å². The van der Waals surface area contributed by atoms with Gasteiger partial charge in [-0.15, -0.1) is 0 Å². The van der Waals surface area contributed by atoms with Gasteiger partial charge in [0.25, 0.3) is 0 Å². The Morgan fingerprint density at radius 2 is 1.81 bits per heavy atom. The van der Waals surface area contributed by atoms with Crippen molar-refractivity contribution in [2.75, 3.05) is 5.73 Å². The molecular formula is C14H21N3O3S. The predicted octanol–water partition coefficient (Wildman–Crippen LogP) is 0.831. The van der Waals surface area contributed by atoms with E-state index in [0.29, 0.717) is 16.8 Å². The van der Waals surface area contributed by atoms with Crippen LogP contribution in [-0.2, 0) is 14.8 Å². The topological polar surface area (TPSA) is 101 Å². The molecule has 116 valence electrons. The molecule has 1 atom stereocenters. The number of rotatable bonds is 5. The maximum Gasteiger partial charge on any atom is 0.241 e. The summed E-state index contributed by atoms with van der Waals surface area (Å²) in [5.41, 5.74) is 7.35. The molecule has 0 aliphatic heterocycles. The van der Waals surface area contributed by atoms with E-state index in [-0.39, 0.29) is 16.8 Å². The molecule has 1 aromatic carbocycles. The molecule has 1 aliphatic rings. The van der Waals surface area contributed by atoms with E-state index < -0.39 is 16.1 Å². The Bertz CT molecular complexity index is 643. The van der Waals surface area contributed by atoms with Crippen molar-refractivity contribution in [3.05, 3.63) is 23.3 Å². The molecule has 0 spiro atoms. The number of carbonyl (C=O) groups excluding carboxylic acids is 1. The summed E-state index contributed by atoms with van der Waals surface area (Å²) in [6, 6.07) is 2.60. The zero-order valence-electron chi connectivity index (χ0n) is 12.4. The molecule has 1 aliphatic carbocycles. The molecule has 21 heavy (non-hydrogen) atoms. The van der Waals surface area contributed by atoms with E-state index in [2.05, 4.69) is 10.0 Å². The fourth-order valence-corrected chi connectivity index (χ4v) is 3.96.